The van der Waals surface area contributed by atoms with Gasteiger partial charge in [-0.25, -0.2) is 9.18 Å². The Kier molecular flexibility index (Phi) is 7.11. The van der Waals surface area contributed by atoms with Gasteiger partial charge in [-0.2, -0.15) is 0 Å². The van der Waals surface area contributed by atoms with Crippen molar-refractivity contribution in [2.45, 2.75) is 13.1 Å². The maximum Gasteiger partial charge on any atom is 0.415 e. The van der Waals surface area contributed by atoms with Crippen molar-refractivity contribution in [1.29, 1.82) is 0 Å². The average Bonchev–Trinajstić information content (AvgIpc) is 3.29. The van der Waals surface area contributed by atoms with E-state index < -0.39 is 6.09 Å². The fourth-order valence-electron chi connectivity index (χ4n) is 4.92. The van der Waals surface area contributed by atoms with Gasteiger partial charge in [-0.3, -0.25) is 9.88 Å². The molecule has 1 fully saturated rings. The lowest BCUT2D eigenvalue weighted by Crippen LogP contribution is -2.50. The van der Waals surface area contributed by atoms with E-state index in [1.165, 1.54) is 12.1 Å². The van der Waals surface area contributed by atoms with Crippen LogP contribution in [-0.4, -0.2) is 82.4 Å². The van der Waals surface area contributed by atoms with E-state index in [0.717, 1.165) is 31.5 Å². The second-order valence-electron chi connectivity index (χ2n) is 9.12. The Morgan fingerprint density at radius 1 is 1.16 bits per heavy atom. The molecule has 3 aromatic rings. The summed E-state index contributed by atoms with van der Waals surface area (Å²) >= 11 is 0. The fourth-order valence-corrected chi connectivity index (χ4v) is 4.92. The highest BCUT2D eigenvalue weighted by molar-refractivity contribution is 5.99. The number of fused-ring (bicyclic) bond motifs is 2. The molecule has 3 heterocycles. The van der Waals surface area contributed by atoms with Crippen LogP contribution in [0.2, 0.25) is 0 Å². The molecule has 0 aliphatic carbocycles. The van der Waals surface area contributed by atoms with Crippen molar-refractivity contribution >= 4 is 22.7 Å². The lowest BCUT2D eigenvalue weighted by atomic mass is 10.0. The molecule has 0 saturated carbocycles. The summed E-state index contributed by atoms with van der Waals surface area (Å²) in [4.78, 5) is 23.3. The number of halogens is 1. The summed E-state index contributed by atoms with van der Waals surface area (Å²) in [6, 6.07) is 9.54. The number of rotatable bonds is 6. The number of aromatic nitrogens is 1. The number of methoxy groups -OCH3 is 1. The highest BCUT2D eigenvalue weighted by Crippen LogP contribution is 2.48. The SMILES string of the molecule is COCCN1CCN(C(=O)Oc2c3c(c(O)c4ncccc24)C(=CO)N(Cc2ccc(F)cc2)C3)CC1. The number of benzene rings is 2. The van der Waals surface area contributed by atoms with Gasteiger partial charge in [-0.05, 0) is 29.8 Å². The molecule has 1 saturated heterocycles. The number of aliphatic hydroxyl groups is 1. The smallest absolute Gasteiger partial charge is 0.415 e. The topological polar surface area (TPSA) is 98.6 Å². The molecule has 194 valence electrons. The Balaban J connectivity index is 1.45. The zero-order valence-electron chi connectivity index (χ0n) is 20.6. The number of phenols is 1. The summed E-state index contributed by atoms with van der Waals surface area (Å²) in [5.41, 5.74) is 2.40. The second-order valence-corrected chi connectivity index (χ2v) is 9.12. The van der Waals surface area contributed by atoms with Gasteiger partial charge < -0.3 is 29.5 Å². The molecule has 0 unspecified atom stereocenters. The minimum Gasteiger partial charge on any atom is -0.513 e. The monoisotopic (exact) mass is 508 g/mol. The number of aliphatic hydroxyl groups excluding tert-OH is 1. The maximum atomic E-state index is 13.4. The number of aromatic hydroxyl groups is 1. The van der Waals surface area contributed by atoms with Gasteiger partial charge in [0.05, 0.1) is 17.9 Å². The third kappa shape index (κ3) is 4.90. The molecule has 5 rings (SSSR count). The highest BCUT2D eigenvalue weighted by Gasteiger charge is 2.35. The molecule has 37 heavy (non-hydrogen) atoms. The first-order chi connectivity index (χ1) is 18.0. The normalized spacial score (nSPS) is 17.0. The van der Waals surface area contributed by atoms with Gasteiger partial charge in [0, 0.05) is 70.1 Å². The van der Waals surface area contributed by atoms with Crippen LogP contribution in [0.15, 0.2) is 48.9 Å². The van der Waals surface area contributed by atoms with Gasteiger partial charge in [-0.15, -0.1) is 0 Å². The third-order valence-corrected chi connectivity index (χ3v) is 6.88. The number of carbonyl (C=O) groups is 1. The number of phenolic OH excluding ortho intramolecular Hbond substituents is 1. The van der Waals surface area contributed by atoms with Gasteiger partial charge in [0.2, 0.25) is 0 Å². The van der Waals surface area contributed by atoms with E-state index >= 15 is 0 Å². The number of hydrogen-bond acceptors (Lipinski definition) is 8. The number of amides is 1. The van der Waals surface area contributed by atoms with E-state index in [-0.39, 0.29) is 23.6 Å². The summed E-state index contributed by atoms with van der Waals surface area (Å²) in [6.45, 7) is 4.55. The van der Waals surface area contributed by atoms with Crippen molar-refractivity contribution in [1.82, 2.24) is 19.7 Å². The highest BCUT2D eigenvalue weighted by atomic mass is 19.1. The quantitative estimate of drug-likeness (QED) is 0.487. The fraction of sp³-hybridized carbons (Fsp3) is 0.333. The van der Waals surface area contributed by atoms with E-state index in [4.69, 9.17) is 9.47 Å². The Labute approximate surface area is 213 Å². The first kappa shape index (κ1) is 24.8. The number of pyridine rings is 1. The van der Waals surface area contributed by atoms with Gasteiger partial charge >= 0.3 is 6.09 Å². The summed E-state index contributed by atoms with van der Waals surface area (Å²) in [7, 11) is 1.67. The molecular weight excluding hydrogens is 479 g/mol. The second kappa shape index (κ2) is 10.6. The van der Waals surface area contributed by atoms with Crippen LogP contribution in [0.1, 0.15) is 16.7 Å². The van der Waals surface area contributed by atoms with Gasteiger partial charge in [0.15, 0.2) is 5.75 Å². The van der Waals surface area contributed by atoms with Crippen LogP contribution in [0, 0.1) is 5.82 Å². The van der Waals surface area contributed by atoms with Gasteiger partial charge in [-0.1, -0.05) is 12.1 Å². The van der Waals surface area contributed by atoms with E-state index in [2.05, 4.69) is 9.88 Å². The van der Waals surface area contributed by atoms with E-state index in [1.54, 1.807) is 42.5 Å². The van der Waals surface area contributed by atoms with Crippen LogP contribution in [-0.2, 0) is 17.8 Å². The lowest BCUT2D eigenvalue weighted by molar-refractivity contribution is 0.0909. The van der Waals surface area contributed by atoms with Gasteiger partial charge in [0.25, 0.3) is 0 Å². The molecule has 0 spiro atoms. The molecule has 2 aliphatic heterocycles. The van der Waals surface area contributed by atoms with Gasteiger partial charge in [0.1, 0.15) is 23.3 Å². The van der Waals surface area contributed by atoms with Crippen LogP contribution in [0.5, 0.6) is 11.5 Å². The Bertz CT molecular complexity index is 1320. The lowest BCUT2D eigenvalue weighted by Gasteiger charge is -2.34. The molecule has 2 aliphatic rings. The zero-order chi connectivity index (χ0) is 25.9. The Hall–Kier alpha value is -3.89. The molecule has 2 N–H and O–H groups in total. The van der Waals surface area contributed by atoms with E-state index in [0.29, 0.717) is 54.2 Å². The third-order valence-electron chi connectivity index (χ3n) is 6.88. The largest absolute Gasteiger partial charge is 0.513 e. The predicted octanol–water partition coefficient (Wildman–Crippen LogP) is 3.71. The first-order valence-electron chi connectivity index (χ1n) is 12.1. The van der Waals surface area contributed by atoms with Crippen molar-refractivity contribution in [3.63, 3.8) is 0 Å². The standard InChI is InChI=1S/C27H29FN4O5/c1-36-14-13-30-9-11-31(12-10-30)27(35)37-26-20-3-2-8-29-24(20)25(34)23-21(26)16-32(22(23)17-33)15-18-4-6-19(28)7-5-18/h2-8,17,33-34H,9-16H2,1H3. The molecule has 0 bridgehead atoms. The molecule has 9 nitrogen and oxygen atoms in total. The minimum absolute atomic E-state index is 0.0981. The molecule has 0 atom stereocenters. The van der Waals surface area contributed by atoms with Crippen molar-refractivity contribution in [3.05, 3.63) is 71.4 Å². The van der Waals surface area contributed by atoms with E-state index in [9.17, 15) is 19.4 Å². The Morgan fingerprint density at radius 3 is 2.62 bits per heavy atom. The van der Waals surface area contributed by atoms with Crippen molar-refractivity contribution in [3.8, 4) is 11.5 Å². The summed E-state index contributed by atoms with van der Waals surface area (Å²) in [5.74, 6) is -0.127. The molecular formula is C27H29FN4O5. The summed E-state index contributed by atoms with van der Waals surface area (Å²) < 4.78 is 24.5. The van der Waals surface area contributed by atoms with Crippen molar-refractivity contribution in [2.75, 3.05) is 46.4 Å². The number of carbonyl (C=O) groups excluding carboxylic acids is 1. The number of ether oxygens (including phenoxy) is 2. The number of piperazine rings is 1. The molecule has 2 aromatic carbocycles. The van der Waals surface area contributed by atoms with Crippen LogP contribution < -0.4 is 4.74 Å². The average molecular weight is 509 g/mol. The molecule has 0 radical (unpaired) electrons. The number of hydrogen-bond donors (Lipinski definition) is 2. The predicted molar refractivity (Wildman–Crippen MR) is 136 cm³/mol. The van der Waals surface area contributed by atoms with Crippen LogP contribution in [0.3, 0.4) is 0 Å². The van der Waals surface area contributed by atoms with Crippen LogP contribution >= 0.6 is 0 Å². The van der Waals surface area contributed by atoms with Crippen LogP contribution in [0.4, 0.5) is 9.18 Å². The summed E-state index contributed by atoms with van der Waals surface area (Å²) in [6.07, 6.45) is 2.00. The maximum absolute atomic E-state index is 13.4. The van der Waals surface area contributed by atoms with Crippen LogP contribution in [0.25, 0.3) is 16.6 Å². The molecule has 1 amide bonds. The Morgan fingerprint density at radius 2 is 1.92 bits per heavy atom. The van der Waals surface area contributed by atoms with E-state index in [1.807, 2.05) is 4.90 Å². The van der Waals surface area contributed by atoms with Crippen molar-refractivity contribution < 1.29 is 28.9 Å². The summed E-state index contributed by atoms with van der Waals surface area (Å²) in [5, 5.41) is 21.8. The zero-order valence-corrected chi connectivity index (χ0v) is 20.6. The molecule has 10 heteroatoms. The number of nitrogens with zero attached hydrogens (tertiary/aromatic N) is 4. The minimum atomic E-state index is -0.476. The van der Waals surface area contributed by atoms with Crippen molar-refractivity contribution in [2.24, 2.45) is 0 Å². The first-order valence-corrected chi connectivity index (χ1v) is 12.1. The molecule has 1 aromatic heterocycles.